The van der Waals surface area contributed by atoms with Gasteiger partial charge in [0.15, 0.2) is 16.4 Å². The molecular weight excluding hydrogens is 248 g/mol. The van der Waals surface area contributed by atoms with Crippen molar-refractivity contribution < 1.29 is 9.59 Å². The van der Waals surface area contributed by atoms with E-state index in [2.05, 4.69) is 0 Å². The van der Waals surface area contributed by atoms with E-state index in [0.29, 0.717) is 16.7 Å². The highest BCUT2D eigenvalue weighted by molar-refractivity contribution is 6.54. The van der Waals surface area contributed by atoms with E-state index in [-0.39, 0.29) is 11.6 Å². The van der Waals surface area contributed by atoms with Gasteiger partial charge in [-0.1, -0.05) is 66.2 Å². The van der Waals surface area contributed by atoms with Crippen molar-refractivity contribution in [3.8, 4) is 0 Å². The number of hydrogen-bond donors (Lipinski definition) is 0. The fourth-order valence-corrected chi connectivity index (χ4v) is 2.61. The van der Waals surface area contributed by atoms with Crippen LogP contribution in [0.15, 0.2) is 54.6 Å². The maximum Gasteiger partial charge on any atom is 0.196 e. The lowest BCUT2D eigenvalue weighted by Crippen LogP contribution is -2.31. The Balaban J connectivity index is 2.23. The number of benzene rings is 2. The van der Waals surface area contributed by atoms with Crippen LogP contribution >= 0.6 is 11.6 Å². The van der Waals surface area contributed by atoms with Gasteiger partial charge in [-0.15, -0.1) is 0 Å². The van der Waals surface area contributed by atoms with Crippen molar-refractivity contribution in [1.29, 1.82) is 0 Å². The Morgan fingerprint density at radius 3 is 1.67 bits per heavy atom. The van der Waals surface area contributed by atoms with Gasteiger partial charge in [0.05, 0.1) is 0 Å². The van der Waals surface area contributed by atoms with Crippen LogP contribution in [0, 0.1) is 0 Å². The van der Waals surface area contributed by atoms with Crippen molar-refractivity contribution in [3.63, 3.8) is 0 Å². The van der Waals surface area contributed by atoms with Gasteiger partial charge in [-0.05, 0) is 5.56 Å². The first-order valence-corrected chi connectivity index (χ1v) is 5.96. The summed E-state index contributed by atoms with van der Waals surface area (Å²) in [4.78, 5) is 23.2. The van der Waals surface area contributed by atoms with Crippen LogP contribution in [0.4, 0.5) is 0 Å². The average Bonchev–Trinajstić information content (AvgIpc) is 2.64. The Bertz CT molecular complexity index is 612. The van der Waals surface area contributed by atoms with Crippen LogP contribution in [0.3, 0.4) is 0 Å². The quantitative estimate of drug-likeness (QED) is 0.580. The molecule has 0 heterocycles. The summed E-state index contributed by atoms with van der Waals surface area (Å²) in [5.41, 5.74) is 1.33. The molecule has 0 radical (unpaired) electrons. The first-order valence-electron chi connectivity index (χ1n) is 5.59. The lowest BCUT2D eigenvalue weighted by molar-refractivity contribution is 0.0861. The number of ketones is 2. The number of rotatable bonds is 1. The Hall–Kier alpha value is -1.93. The molecule has 1 aliphatic rings. The van der Waals surface area contributed by atoms with Gasteiger partial charge in [0, 0.05) is 11.1 Å². The molecular formula is C15H9ClO2. The maximum absolute atomic E-state index is 12.4. The Morgan fingerprint density at radius 2 is 1.17 bits per heavy atom. The minimum Gasteiger partial charge on any atom is -0.291 e. The molecule has 3 rings (SSSR count). The van der Waals surface area contributed by atoms with Gasteiger partial charge in [-0.2, -0.15) is 0 Å². The van der Waals surface area contributed by atoms with E-state index in [0.717, 1.165) is 0 Å². The molecule has 2 aromatic rings. The molecule has 0 atom stereocenters. The van der Waals surface area contributed by atoms with Gasteiger partial charge in [0.25, 0.3) is 0 Å². The van der Waals surface area contributed by atoms with Crippen LogP contribution in [-0.4, -0.2) is 11.6 Å². The molecule has 0 fully saturated rings. The third-order valence-electron chi connectivity index (χ3n) is 3.21. The minimum absolute atomic E-state index is 0.337. The van der Waals surface area contributed by atoms with E-state index in [9.17, 15) is 9.59 Å². The predicted molar refractivity (Wildman–Crippen MR) is 69.1 cm³/mol. The molecule has 0 bridgehead atoms. The second kappa shape index (κ2) is 3.79. The van der Waals surface area contributed by atoms with Crippen LogP contribution in [-0.2, 0) is 4.87 Å². The summed E-state index contributed by atoms with van der Waals surface area (Å²) < 4.78 is 0. The first-order chi connectivity index (χ1) is 8.65. The zero-order valence-corrected chi connectivity index (χ0v) is 10.1. The minimum atomic E-state index is -1.59. The molecule has 88 valence electrons. The lowest BCUT2D eigenvalue weighted by atomic mass is 9.93. The van der Waals surface area contributed by atoms with Crippen LogP contribution in [0.2, 0.25) is 0 Å². The molecule has 18 heavy (non-hydrogen) atoms. The largest absolute Gasteiger partial charge is 0.291 e. The summed E-state index contributed by atoms with van der Waals surface area (Å²) >= 11 is 6.36. The van der Waals surface area contributed by atoms with Crippen LogP contribution in [0.5, 0.6) is 0 Å². The molecule has 0 saturated heterocycles. The van der Waals surface area contributed by atoms with Crippen molar-refractivity contribution in [2.24, 2.45) is 0 Å². The Kier molecular flexibility index (Phi) is 2.35. The molecule has 3 heteroatoms. The highest BCUT2D eigenvalue weighted by Crippen LogP contribution is 2.42. The second-order valence-corrected chi connectivity index (χ2v) is 4.80. The van der Waals surface area contributed by atoms with Gasteiger partial charge in [-0.25, -0.2) is 0 Å². The molecule has 0 spiro atoms. The third kappa shape index (κ3) is 1.30. The summed E-state index contributed by atoms with van der Waals surface area (Å²) in [5.74, 6) is -0.674. The standard InChI is InChI=1S/C15H9ClO2/c16-15(10-6-2-1-3-7-10)13(17)11-8-4-5-9-12(11)14(15)18/h1-9H. The van der Waals surface area contributed by atoms with Gasteiger partial charge >= 0.3 is 0 Å². The van der Waals surface area contributed by atoms with Crippen LogP contribution in [0.25, 0.3) is 0 Å². The topological polar surface area (TPSA) is 34.1 Å². The summed E-state index contributed by atoms with van der Waals surface area (Å²) in [6, 6.07) is 15.5. The monoisotopic (exact) mass is 256 g/mol. The Labute approximate surface area is 109 Å². The summed E-state index contributed by atoms with van der Waals surface area (Å²) in [6.45, 7) is 0. The van der Waals surface area contributed by atoms with Gasteiger partial charge < -0.3 is 0 Å². The smallest absolute Gasteiger partial charge is 0.196 e. The molecule has 1 aliphatic carbocycles. The zero-order chi connectivity index (χ0) is 12.8. The van der Waals surface area contributed by atoms with Crippen LogP contribution in [0.1, 0.15) is 26.3 Å². The number of hydrogen-bond acceptors (Lipinski definition) is 2. The Morgan fingerprint density at radius 1 is 0.722 bits per heavy atom. The molecule has 0 saturated carbocycles. The number of carbonyl (C=O) groups is 2. The molecule has 2 nitrogen and oxygen atoms in total. The zero-order valence-electron chi connectivity index (χ0n) is 9.39. The van der Waals surface area contributed by atoms with Gasteiger partial charge in [0.1, 0.15) is 0 Å². The molecule has 0 amide bonds. The van der Waals surface area contributed by atoms with Crippen molar-refractivity contribution in [2.75, 3.05) is 0 Å². The molecule has 0 aliphatic heterocycles. The van der Waals surface area contributed by atoms with Crippen molar-refractivity contribution in [2.45, 2.75) is 4.87 Å². The van der Waals surface area contributed by atoms with Crippen molar-refractivity contribution >= 4 is 23.2 Å². The number of alkyl halides is 1. The van der Waals surface area contributed by atoms with E-state index in [1.54, 1.807) is 48.5 Å². The van der Waals surface area contributed by atoms with Crippen molar-refractivity contribution in [3.05, 3.63) is 71.3 Å². The van der Waals surface area contributed by atoms with Gasteiger partial charge in [-0.3, -0.25) is 9.59 Å². The molecule has 0 N–H and O–H groups in total. The predicted octanol–water partition coefficient (Wildman–Crippen LogP) is 3.20. The fourth-order valence-electron chi connectivity index (χ4n) is 2.28. The maximum atomic E-state index is 12.4. The van der Waals surface area contributed by atoms with E-state index >= 15 is 0 Å². The summed E-state index contributed by atoms with van der Waals surface area (Å²) in [6.07, 6.45) is 0. The summed E-state index contributed by atoms with van der Waals surface area (Å²) in [7, 11) is 0. The SMILES string of the molecule is O=C1c2ccccc2C(=O)C1(Cl)c1ccccc1. The fraction of sp³-hybridized carbons (Fsp3) is 0.0667. The van der Waals surface area contributed by atoms with Crippen LogP contribution < -0.4 is 0 Å². The number of carbonyl (C=O) groups excluding carboxylic acids is 2. The van der Waals surface area contributed by atoms with E-state index in [4.69, 9.17) is 11.6 Å². The highest BCUT2D eigenvalue weighted by atomic mass is 35.5. The first kappa shape index (κ1) is 11.2. The average molecular weight is 257 g/mol. The molecule has 0 aromatic heterocycles. The molecule has 2 aromatic carbocycles. The van der Waals surface area contributed by atoms with E-state index in [1.165, 1.54) is 0 Å². The number of fused-ring (bicyclic) bond motifs is 1. The normalized spacial score (nSPS) is 16.7. The van der Waals surface area contributed by atoms with Crippen molar-refractivity contribution in [1.82, 2.24) is 0 Å². The third-order valence-corrected chi connectivity index (χ3v) is 3.78. The van der Waals surface area contributed by atoms with E-state index in [1.807, 2.05) is 6.07 Å². The van der Waals surface area contributed by atoms with Gasteiger partial charge in [0.2, 0.25) is 0 Å². The highest BCUT2D eigenvalue weighted by Gasteiger charge is 2.52. The lowest BCUT2D eigenvalue weighted by Gasteiger charge is -2.17. The molecule has 0 unspecified atom stereocenters. The van der Waals surface area contributed by atoms with E-state index < -0.39 is 4.87 Å². The number of halogens is 1. The second-order valence-electron chi connectivity index (χ2n) is 4.23. The summed E-state index contributed by atoms with van der Waals surface area (Å²) in [5, 5.41) is 0. The number of Topliss-reactive ketones (excluding diaryl/α,β-unsaturated/α-hetero) is 2.